The molecule has 5 aromatic rings. The molecule has 1 atom stereocenters. The van der Waals surface area contributed by atoms with Crippen molar-refractivity contribution < 1.29 is 9.90 Å². The van der Waals surface area contributed by atoms with E-state index in [-0.39, 0.29) is 17.2 Å². The van der Waals surface area contributed by atoms with Crippen molar-refractivity contribution in [3.63, 3.8) is 0 Å². The standard InChI is InChI=1S/C35H36N6O3/c42-34-31(33-37-26-9-2-3-10-27(26)38-33)32(36-29-20-40-15-11-21(29)12-16-40)25-18-24(22-7-6-8-23(17-22)35(43)44)30(19-28(25)39-34)41-13-4-1-5-14-41/h2-3,6-10,17-19,21,29H,1,4-5,11-16,20H2,(H,37,38)(H,43,44)(H2,36,39,42)/t29-/m0/s1. The van der Waals surface area contributed by atoms with E-state index >= 15 is 0 Å². The lowest BCUT2D eigenvalue weighted by Gasteiger charge is -2.45. The van der Waals surface area contributed by atoms with E-state index in [1.54, 1.807) is 12.1 Å². The molecule has 6 heterocycles. The molecule has 0 aliphatic carbocycles. The molecule has 0 spiro atoms. The number of rotatable bonds is 6. The number of carboxylic acid groups (broad SMARTS) is 1. The zero-order chi connectivity index (χ0) is 29.8. The number of aromatic nitrogens is 3. The summed E-state index contributed by atoms with van der Waals surface area (Å²) >= 11 is 0. The minimum atomic E-state index is -0.951. The number of nitrogens with one attached hydrogen (secondary N) is 3. The van der Waals surface area contributed by atoms with Gasteiger partial charge in [0.2, 0.25) is 0 Å². The Morgan fingerprint density at radius 1 is 0.909 bits per heavy atom. The summed E-state index contributed by atoms with van der Waals surface area (Å²) in [6.45, 7) is 5.03. The molecule has 0 amide bonds. The highest BCUT2D eigenvalue weighted by molar-refractivity contribution is 6.04. The van der Waals surface area contributed by atoms with Crippen LogP contribution in [0.25, 0.3) is 44.5 Å². The van der Waals surface area contributed by atoms with E-state index in [1.165, 1.54) is 6.42 Å². The molecule has 9 nitrogen and oxygen atoms in total. The fourth-order valence-electron chi connectivity index (χ4n) is 7.54. The predicted molar refractivity (Wildman–Crippen MR) is 175 cm³/mol. The Labute approximate surface area is 254 Å². The summed E-state index contributed by atoms with van der Waals surface area (Å²) in [6.07, 6.45) is 5.68. The summed E-state index contributed by atoms with van der Waals surface area (Å²) in [5.41, 5.74) is 6.61. The van der Waals surface area contributed by atoms with Gasteiger partial charge in [0, 0.05) is 42.3 Å². The van der Waals surface area contributed by atoms with Crippen LogP contribution >= 0.6 is 0 Å². The van der Waals surface area contributed by atoms with Crippen molar-refractivity contribution in [2.45, 2.75) is 38.1 Å². The fourth-order valence-corrected chi connectivity index (χ4v) is 7.54. The molecule has 9 heteroatoms. The molecule has 2 aromatic heterocycles. The van der Waals surface area contributed by atoms with Crippen LogP contribution in [0.3, 0.4) is 0 Å². The Hall–Kier alpha value is -4.63. The highest BCUT2D eigenvalue weighted by atomic mass is 16.4. The quantitative estimate of drug-likeness (QED) is 0.194. The van der Waals surface area contributed by atoms with E-state index in [1.807, 2.05) is 36.4 Å². The van der Waals surface area contributed by atoms with Crippen molar-refractivity contribution in [1.29, 1.82) is 0 Å². The third kappa shape index (κ3) is 4.72. The molecule has 4 aliphatic rings. The number of para-hydroxylation sites is 2. The van der Waals surface area contributed by atoms with Gasteiger partial charge in [0.25, 0.3) is 5.56 Å². The lowest BCUT2D eigenvalue weighted by atomic mass is 9.83. The van der Waals surface area contributed by atoms with E-state index in [0.717, 1.165) is 103 Å². The molecule has 0 unspecified atom stereocenters. The molecule has 4 fully saturated rings. The van der Waals surface area contributed by atoms with Crippen LogP contribution in [0.15, 0.2) is 65.5 Å². The molecule has 0 radical (unpaired) electrons. The Bertz CT molecular complexity index is 1910. The summed E-state index contributed by atoms with van der Waals surface area (Å²) in [6, 6.07) is 19.4. The van der Waals surface area contributed by atoms with Gasteiger partial charge in [-0.05, 0) is 93.1 Å². The number of anilines is 2. The predicted octanol–water partition coefficient (Wildman–Crippen LogP) is 5.93. The Balaban J connectivity index is 1.38. The van der Waals surface area contributed by atoms with Crippen LogP contribution in [0.1, 0.15) is 42.5 Å². The highest BCUT2D eigenvalue weighted by Crippen LogP contribution is 2.41. The van der Waals surface area contributed by atoms with Gasteiger partial charge in [-0.1, -0.05) is 24.3 Å². The minimum absolute atomic E-state index is 0.189. The van der Waals surface area contributed by atoms with Gasteiger partial charge >= 0.3 is 5.97 Å². The van der Waals surface area contributed by atoms with Crippen LogP contribution in [-0.4, -0.2) is 69.7 Å². The van der Waals surface area contributed by atoms with Gasteiger partial charge in [-0.2, -0.15) is 0 Å². The summed E-state index contributed by atoms with van der Waals surface area (Å²) in [4.78, 5) is 42.4. The lowest BCUT2D eigenvalue weighted by Crippen LogP contribution is -2.53. The van der Waals surface area contributed by atoms with Crippen LogP contribution in [-0.2, 0) is 0 Å². The molecule has 3 aromatic carbocycles. The molecule has 4 saturated heterocycles. The number of aromatic carboxylic acids is 1. The number of imidazole rings is 1. The number of carboxylic acids is 1. The van der Waals surface area contributed by atoms with Gasteiger partial charge in [-0.3, -0.25) is 4.79 Å². The van der Waals surface area contributed by atoms with Crippen molar-refractivity contribution in [2.75, 3.05) is 42.9 Å². The van der Waals surface area contributed by atoms with Crippen molar-refractivity contribution in [3.05, 3.63) is 76.6 Å². The maximum atomic E-state index is 14.1. The van der Waals surface area contributed by atoms with Crippen LogP contribution in [0.2, 0.25) is 0 Å². The zero-order valence-corrected chi connectivity index (χ0v) is 24.6. The van der Waals surface area contributed by atoms with Crippen LogP contribution in [0, 0.1) is 5.92 Å². The largest absolute Gasteiger partial charge is 0.478 e. The summed E-state index contributed by atoms with van der Waals surface area (Å²) in [7, 11) is 0. The second kappa shape index (κ2) is 10.8. The van der Waals surface area contributed by atoms with Gasteiger partial charge in [0.05, 0.1) is 27.8 Å². The maximum Gasteiger partial charge on any atom is 0.335 e. The third-order valence-corrected chi connectivity index (χ3v) is 9.86. The number of H-pyrrole nitrogens is 2. The molecule has 2 bridgehead atoms. The van der Waals surface area contributed by atoms with Gasteiger partial charge in [0.15, 0.2) is 0 Å². The topological polar surface area (TPSA) is 117 Å². The number of benzene rings is 3. The molecule has 224 valence electrons. The normalized spacial score (nSPS) is 21.6. The second-order valence-corrected chi connectivity index (χ2v) is 12.5. The first kappa shape index (κ1) is 27.0. The van der Waals surface area contributed by atoms with E-state index in [4.69, 9.17) is 4.98 Å². The molecule has 4 aliphatic heterocycles. The first-order valence-corrected chi connectivity index (χ1v) is 15.8. The summed E-state index contributed by atoms with van der Waals surface area (Å²) in [5, 5.41) is 14.6. The molecule has 44 heavy (non-hydrogen) atoms. The monoisotopic (exact) mass is 588 g/mol. The lowest BCUT2D eigenvalue weighted by molar-refractivity contribution is 0.0697. The van der Waals surface area contributed by atoms with Crippen LogP contribution in [0.4, 0.5) is 11.4 Å². The van der Waals surface area contributed by atoms with Crippen molar-refractivity contribution in [3.8, 4) is 22.5 Å². The number of hydrogen-bond acceptors (Lipinski definition) is 6. The van der Waals surface area contributed by atoms with E-state index in [0.29, 0.717) is 17.3 Å². The zero-order valence-electron chi connectivity index (χ0n) is 24.6. The number of carbonyl (C=O) groups is 1. The van der Waals surface area contributed by atoms with Gasteiger partial charge in [-0.15, -0.1) is 0 Å². The molecule has 0 saturated carbocycles. The Morgan fingerprint density at radius 2 is 1.73 bits per heavy atom. The molecule has 9 rings (SSSR count). The summed E-state index contributed by atoms with van der Waals surface area (Å²) in [5.74, 6) is 0.123. The first-order valence-electron chi connectivity index (χ1n) is 15.8. The van der Waals surface area contributed by atoms with E-state index in [2.05, 4.69) is 37.2 Å². The minimum Gasteiger partial charge on any atom is -0.478 e. The van der Waals surface area contributed by atoms with Gasteiger partial charge < -0.3 is 30.2 Å². The van der Waals surface area contributed by atoms with Crippen LogP contribution in [0.5, 0.6) is 0 Å². The van der Waals surface area contributed by atoms with E-state index in [9.17, 15) is 14.7 Å². The molecular weight excluding hydrogens is 552 g/mol. The average molecular weight is 589 g/mol. The Morgan fingerprint density at radius 3 is 2.48 bits per heavy atom. The SMILES string of the molecule is O=C(O)c1cccc(-c2cc3c(N[C@H]4CN5CCC4CC5)c(-c4nc5ccccc5[nH]4)c(=O)[nH]c3cc2N2CCCCC2)c1. The van der Waals surface area contributed by atoms with Gasteiger partial charge in [-0.25, -0.2) is 9.78 Å². The first-order chi connectivity index (χ1) is 21.5. The fraction of sp³-hybridized carbons (Fsp3) is 0.343. The number of fused-ring (bicyclic) bond motifs is 5. The number of hydrogen-bond donors (Lipinski definition) is 4. The van der Waals surface area contributed by atoms with Crippen molar-refractivity contribution in [1.82, 2.24) is 19.9 Å². The second-order valence-electron chi connectivity index (χ2n) is 12.5. The molecular formula is C35H36N6O3. The number of pyridine rings is 1. The van der Waals surface area contributed by atoms with Crippen molar-refractivity contribution in [2.24, 2.45) is 5.92 Å². The highest BCUT2D eigenvalue weighted by Gasteiger charge is 2.35. The summed E-state index contributed by atoms with van der Waals surface area (Å²) < 4.78 is 0. The smallest absolute Gasteiger partial charge is 0.335 e. The average Bonchev–Trinajstić information content (AvgIpc) is 3.49. The Kier molecular flexibility index (Phi) is 6.63. The third-order valence-electron chi connectivity index (χ3n) is 9.86. The number of nitrogens with zero attached hydrogens (tertiary/aromatic N) is 3. The van der Waals surface area contributed by atoms with Crippen molar-refractivity contribution >= 4 is 39.3 Å². The van der Waals surface area contributed by atoms with E-state index < -0.39 is 5.97 Å². The van der Waals surface area contributed by atoms with Gasteiger partial charge in [0.1, 0.15) is 11.4 Å². The number of piperidine rings is 4. The molecule has 4 N–H and O–H groups in total. The number of aromatic amines is 2. The van der Waals surface area contributed by atoms with Crippen LogP contribution < -0.4 is 15.8 Å². The maximum absolute atomic E-state index is 14.1.